The Morgan fingerprint density at radius 2 is 2.29 bits per heavy atom. The van der Waals surface area contributed by atoms with Crippen molar-refractivity contribution >= 4 is 5.84 Å². The molecule has 0 saturated carbocycles. The van der Waals surface area contributed by atoms with Crippen molar-refractivity contribution in [2.75, 3.05) is 13.7 Å². The van der Waals surface area contributed by atoms with Crippen LogP contribution in [-0.4, -0.2) is 30.9 Å². The molecule has 3 N–H and O–H groups in total. The monoisotopic (exact) mass is 242 g/mol. The van der Waals surface area contributed by atoms with Gasteiger partial charge in [0, 0.05) is 7.11 Å². The molecule has 0 saturated heterocycles. The van der Waals surface area contributed by atoms with Gasteiger partial charge in [0.1, 0.15) is 17.7 Å². The molecule has 1 unspecified atom stereocenters. The Morgan fingerprint density at radius 3 is 2.88 bits per heavy atom. The van der Waals surface area contributed by atoms with E-state index in [1.807, 2.05) is 0 Å². The van der Waals surface area contributed by atoms with E-state index in [9.17, 15) is 4.39 Å². The van der Waals surface area contributed by atoms with Crippen molar-refractivity contribution in [3.05, 3.63) is 29.6 Å². The molecule has 0 spiro atoms. The zero-order valence-corrected chi connectivity index (χ0v) is 9.68. The molecule has 6 heteroatoms. The van der Waals surface area contributed by atoms with E-state index in [1.165, 1.54) is 19.2 Å². The second-order valence-electron chi connectivity index (χ2n) is 3.48. The molecule has 0 bridgehead atoms. The summed E-state index contributed by atoms with van der Waals surface area (Å²) in [7, 11) is 1.54. The van der Waals surface area contributed by atoms with E-state index >= 15 is 0 Å². The van der Waals surface area contributed by atoms with Gasteiger partial charge >= 0.3 is 0 Å². The van der Waals surface area contributed by atoms with Crippen LogP contribution in [0.4, 0.5) is 4.39 Å². The third-order valence-corrected chi connectivity index (χ3v) is 2.07. The molecule has 0 aromatic heterocycles. The molecule has 94 valence electrons. The van der Waals surface area contributed by atoms with Crippen LogP contribution in [0.2, 0.25) is 0 Å². The maximum absolute atomic E-state index is 13.5. The summed E-state index contributed by atoms with van der Waals surface area (Å²) >= 11 is 0. The Bertz CT molecular complexity index is 410. The first-order valence-corrected chi connectivity index (χ1v) is 5.02. The normalized spacial score (nSPS) is 13.5. The molecule has 0 heterocycles. The van der Waals surface area contributed by atoms with Crippen molar-refractivity contribution < 1.29 is 19.1 Å². The van der Waals surface area contributed by atoms with Gasteiger partial charge in [0.2, 0.25) is 0 Å². The summed E-state index contributed by atoms with van der Waals surface area (Å²) in [4.78, 5) is 0. The number of nitrogens with two attached hydrogens (primary N) is 1. The average molecular weight is 242 g/mol. The number of ether oxygens (including phenoxy) is 2. The Hall–Kier alpha value is -1.82. The van der Waals surface area contributed by atoms with Crippen LogP contribution >= 0.6 is 0 Å². The van der Waals surface area contributed by atoms with E-state index in [0.717, 1.165) is 0 Å². The lowest BCUT2D eigenvalue weighted by molar-refractivity contribution is 0.0917. The first-order chi connectivity index (χ1) is 8.10. The minimum Gasteiger partial charge on any atom is -0.487 e. The Morgan fingerprint density at radius 1 is 1.59 bits per heavy atom. The van der Waals surface area contributed by atoms with Crippen LogP contribution in [0.1, 0.15) is 12.5 Å². The Labute approximate surface area is 98.6 Å². The molecule has 17 heavy (non-hydrogen) atoms. The van der Waals surface area contributed by atoms with Gasteiger partial charge in [0.25, 0.3) is 0 Å². The van der Waals surface area contributed by atoms with E-state index in [1.54, 1.807) is 13.0 Å². The van der Waals surface area contributed by atoms with E-state index in [-0.39, 0.29) is 23.3 Å². The fourth-order valence-electron chi connectivity index (χ4n) is 1.39. The quantitative estimate of drug-likeness (QED) is 0.353. The number of benzene rings is 1. The van der Waals surface area contributed by atoms with Crippen molar-refractivity contribution in [1.82, 2.24) is 0 Å². The van der Waals surface area contributed by atoms with Crippen LogP contribution < -0.4 is 10.5 Å². The molecule has 0 aliphatic carbocycles. The first kappa shape index (κ1) is 13.2. The maximum Gasteiger partial charge on any atom is 0.176 e. The summed E-state index contributed by atoms with van der Waals surface area (Å²) in [6, 6.07) is 4.24. The van der Waals surface area contributed by atoms with Gasteiger partial charge in [-0.25, -0.2) is 4.39 Å². The maximum atomic E-state index is 13.5. The third-order valence-electron chi connectivity index (χ3n) is 2.07. The first-order valence-electron chi connectivity index (χ1n) is 5.02. The van der Waals surface area contributed by atoms with Crippen LogP contribution in [0.15, 0.2) is 23.4 Å². The fraction of sp³-hybridized carbons (Fsp3) is 0.364. The van der Waals surface area contributed by atoms with Gasteiger partial charge in [-0.15, -0.1) is 0 Å². The summed E-state index contributed by atoms with van der Waals surface area (Å²) < 4.78 is 23.9. The highest BCUT2D eigenvalue weighted by atomic mass is 19.1. The van der Waals surface area contributed by atoms with Crippen molar-refractivity contribution in [3.63, 3.8) is 0 Å². The zero-order valence-electron chi connectivity index (χ0n) is 9.68. The van der Waals surface area contributed by atoms with Gasteiger partial charge in [-0.2, -0.15) is 0 Å². The molecule has 0 amide bonds. The molecule has 1 aromatic rings. The molecule has 0 aliphatic heterocycles. The number of methoxy groups -OCH3 is 1. The predicted molar refractivity (Wildman–Crippen MR) is 60.9 cm³/mol. The molecule has 1 aromatic carbocycles. The van der Waals surface area contributed by atoms with Crippen LogP contribution in [0, 0.1) is 5.82 Å². The van der Waals surface area contributed by atoms with Gasteiger partial charge < -0.3 is 20.4 Å². The summed E-state index contributed by atoms with van der Waals surface area (Å²) in [5.74, 6) is -0.727. The standard InChI is InChI=1S/C11H15FN2O3/c1-7(6-16-2)17-9-5-3-4-8(12)10(9)11(13)14-15/h3-5,7,15H,6H2,1-2H3,(H2,13,14). The Kier molecular flexibility index (Phi) is 4.71. The minimum atomic E-state index is -0.609. The number of halogens is 1. The SMILES string of the molecule is COCC(C)Oc1cccc(F)c1C(N)=NO. The molecule has 0 aliphatic rings. The summed E-state index contributed by atoms with van der Waals surface area (Å²) in [5, 5.41) is 11.4. The van der Waals surface area contributed by atoms with Gasteiger partial charge in [-0.3, -0.25) is 0 Å². The number of hydrogen-bond donors (Lipinski definition) is 2. The lowest BCUT2D eigenvalue weighted by Gasteiger charge is -2.16. The largest absolute Gasteiger partial charge is 0.487 e. The number of rotatable bonds is 5. The smallest absolute Gasteiger partial charge is 0.176 e. The van der Waals surface area contributed by atoms with Gasteiger partial charge in [0.15, 0.2) is 5.84 Å². The number of oxime groups is 1. The van der Waals surface area contributed by atoms with E-state index in [4.69, 9.17) is 20.4 Å². The van der Waals surface area contributed by atoms with E-state index in [2.05, 4.69) is 5.16 Å². The summed E-state index contributed by atoms with van der Waals surface area (Å²) in [6.07, 6.45) is -0.271. The highest BCUT2D eigenvalue weighted by Crippen LogP contribution is 2.22. The molecular formula is C11H15FN2O3. The van der Waals surface area contributed by atoms with Crippen molar-refractivity contribution in [3.8, 4) is 5.75 Å². The predicted octanol–water partition coefficient (Wildman–Crippen LogP) is 1.33. The average Bonchev–Trinajstić information content (AvgIpc) is 2.28. The highest BCUT2D eigenvalue weighted by molar-refractivity contribution is 5.99. The number of amidine groups is 1. The highest BCUT2D eigenvalue weighted by Gasteiger charge is 2.16. The van der Waals surface area contributed by atoms with Crippen LogP contribution in [0.3, 0.4) is 0 Å². The molecule has 5 nitrogen and oxygen atoms in total. The summed E-state index contributed by atoms with van der Waals surface area (Å²) in [6.45, 7) is 2.12. The summed E-state index contributed by atoms with van der Waals surface area (Å²) in [5.41, 5.74) is 5.34. The number of nitrogens with zero attached hydrogens (tertiary/aromatic N) is 1. The zero-order chi connectivity index (χ0) is 12.8. The van der Waals surface area contributed by atoms with E-state index < -0.39 is 5.82 Å². The Balaban J connectivity index is 3.03. The molecular weight excluding hydrogens is 227 g/mol. The topological polar surface area (TPSA) is 77.1 Å². The molecule has 1 rings (SSSR count). The van der Waals surface area contributed by atoms with Crippen LogP contribution in [0.5, 0.6) is 5.75 Å². The minimum absolute atomic E-state index is 0.0575. The molecule has 0 radical (unpaired) electrons. The lowest BCUT2D eigenvalue weighted by Crippen LogP contribution is -2.22. The van der Waals surface area contributed by atoms with Crippen molar-refractivity contribution in [1.29, 1.82) is 0 Å². The van der Waals surface area contributed by atoms with Gasteiger partial charge in [-0.1, -0.05) is 11.2 Å². The third kappa shape index (κ3) is 3.32. The van der Waals surface area contributed by atoms with Crippen LogP contribution in [-0.2, 0) is 4.74 Å². The van der Waals surface area contributed by atoms with Gasteiger partial charge in [-0.05, 0) is 19.1 Å². The second-order valence-corrected chi connectivity index (χ2v) is 3.48. The molecule has 1 atom stereocenters. The lowest BCUT2D eigenvalue weighted by atomic mass is 10.1. The van der Waals surface area contributed by atoms with Crippen molar-refractivity contribution in [2.45, 2.75) is 13.0 Å². The van der Waals surface area contributed by atoms with E-state index in [0.29, 0.717) is 6.61 Å². The van der Waals surface area contributed by atoms with Crippen molar-refractivity contribution in [2.24, 2.45) is 10.9 Å². The van der Waals surface area contributed by atoms with Crippen LogP contribution in [0.25, 0.3) is 0 Å². The molecule has 0 fully saturated rings. The fourth-order valence-corrected chi connectivity index (χ4v) is 1.39. The van der Waals surface area contributed by atoms with Gasteiger partial charge in [0.05, 0.1) is 12.2 Å². The number of hydrogen-bond acceptors (Lipinski definition) is 4. The second kappa shape index (κ2) is 6.05.